The maximum Gasteiger partial charge on any atom is 0.410 e. The summed E-state index contributed by atoms with van der Waals surface area (Å²) in [5.41, 5.74) is 6.24. The first-order valence-electron chi connectivity index (χ1n) is 10.0. The van der Waals surface area contributed by atoms with Gasteiger partial charge in [-0.15, -0.1) is 11.3 Å². The second-order valence-corrected chi connectivity index (χ2v) is 16.7. The SMILES string of the molecule is CC(C)(C)OC(=O)NC1C2CN(C(=O)OCC[Si](C)(C)C)C1Cc1nc(N)sc12. The van der Waals surface area contributed by atoms with Gasteiger partial charge in [-0.3, -0.25) is 0 Å². The number of nitrogens with one attached hydrogen (secondary N) is 1. The van der Waals surface area contributed by atoms with Crippen LogP contribution in [-0.2, 0) is 15.9 Å². The molecule has 3 unspecified atom stereocenters. The van der Waals surface area contributed by atoms with Gasteiger partial charge in [-0.25, -0.2) is 14.6 Å². The first kappa shape index (κ1) is 21.9. The van der Waals surface area contributed by atoms with Gasteiger partial charge in [0.15, 0.2) is 5.13 Å². The first-order chi connectivity index (χ1) is 13.3. The van der Waals surface area contributed by atoms with Crippen molar-refractivity contribution in [2.45, 2.75) is 76.5 Å². The molecule has 2 bridgehead atoms. The number of likely N-dealkylation sites (tertiary alicyclic amines) is 1. The minimum Gasteiger partial charge on any atom is -0.450 e. The molecule has 8 nitrogen and oxygen atoms in total. The van der Waals surface area contributed by atoms with E-state index in [4.69, 9.17) is 15.2 Å². The van der Waals surface area contributed by atoms with Crippen molar-refractivity contribution in [2.75, 3.05) is 18.9 Å². The van der Waals surface area contributed by atoms with Gasteiger partial charge in [-0.05, 0) is 26.8 Å². The molecule has 2 heterocycles. The number of hydrogen-bond acceptors (Lipinski definition) is 7. The monoisotopic (exact) mass is 440 g/mol. The molecule has 1 saturated heterocycles. The van der Waals surface area contributed by atoms with Crippen molar-refractivity contribution >= 4 is 36.7 Å². The summed E-state index contributed by atoms with van der Waals surface area (Å²) < 4.78 is 11.0. The predicted molar refractivity (Wildman–Crippen MR) is 116 cm³/mol. The fraction of sp³-hybridized carbons (Fsp3) is 0.737. The zero-order valence-corrected chi connectivity index (χ0v) is 19.9. The highest BCUT2D eigenvalue weighted by atomic mass is 32.1. The van der Waals surface area contributed by atoms with Crippen molar-refractivity contribution < 1.29 is 19.1 Å². The Morgan fingerprint density at radius 3 is 2.66 bits per heavy atom. The number of hydrogen-bond donors (Lipinski definition) is 2. The van der Waals surface area contributed by atoms with Crippen LogP contribution in [0, 0.1) is 0 Å². The predicted octanol–water partition coefficient (Wildman–Crippen LogP) is 3.42. The van der Waals surface area contributed by atoms with E-state index in [9.17, 15) is 9.59 Å². The number of alkyl carbamates (subject to hydrolysis) is 1. The average molecular weight is 441 g/mol. The molecule has 3 N–H and O–H groups in total. The molecule has 0 radical (unpaired) electrons. The summed E-state index contributed by atoms with van der Waals surface area (Å²) in [7, 11) is -1.29. The molecule has 29 heavy (non-hydrogen) atoms. The summed E-state index contributed by atoms with van der Waals surface area (Å²) in [6, 6.07) is 0.453. The van der Waals surface area contributed by atoms with Crippen LogP contribution in [0.1, 0.15) is 37.3 Å². The highest BCUT2D eigenvalue weighted by Gasteiger charge is 2.51. The van der Waals surface area contributed by atoms with Crippen LogP contribution in [0.2, 0.25) is 25.7 Å². The normalized spacial score (nSPS) is 23.5. The molecule has 1 aromatic heterocycles. The Hall–Kier alpha value is -1.81. The third kappa shape index (κ3) is 5.22. The fourth-order valence-corrected chi connectivity index (χ4v) is 5.52. The molecule has 1 aromatic rings. The number of nitrogen functional groups attached to an aromatic ring is 1. The highest BCUT2D eigenvalue weighted by molar-refractivity contribution is 7.15. The average Bonchev–Trinajstić information content (AvgIpc) is 3.02. The summed E-state index contributed by atoms with van der Waals surface area (Å²) in [6.07, 6.45) is -0.259. The van der Waals surface area contributed by atoms with Gasteiger partial charge in [-0.2, -0.15) is 0 Å². The molecule has 1 fully saturated rings. The van der Waals surface area contributed by atoms with E-state index in [1.807, 2.05) is 20.8 Å². The molecule has 162 valence electrons. The zero-order chi connectivity index (χ0) is 21.6. The minimum atomic E-state index is -1.29. The van der Waals surface area contributed by atoms with E-state index >= 15 is 0 Å². The lowest BCUT2D eigenvalue weighted by Crippen LogP contribution is -2.51. The van der Waals surface area contributed by atoms with Crippen molar-refractivity contribution in [1.82, 2.24) is 15.2 Å². The number of thiazole rings is 1. The third-order valence-corrected chi connectivity index (χ3v) is 7.88. The Balaban J connectivity index is 1.74. The van der Waals surface area contributed by atoms with E-state index in [1.54, 1.807) is 4.90 Å². The molecule has 0 spiro atoms. The van der Waals surface area contributed by atoms with E-state index in [2.05, 4.69) is 29.9 Å². The number of anilines is 1. The Bertz CT molecular complexity index is 786. The minimum absolute atomic E-state index is 0.0596. The number of carbonyl (C=O) groups excluding carboxylic acids is 2. The van der Waals surface area contributed by atoms with Crippen LogP contribution in [0.15, 0.2) is 0 Å². The Labute approximate surface area is 177 Å². The maximum atomic E-state index is 12.8. The smallest absolute Gasteiger partial charge is 0.410 e. The summed E-state index contributed by atoms with van der Waals surface area (Å²) in [5, 5.41) is 3.50. The van der Waals surface area contributed by atoms with Crippen LogP contribution < -0.4 is 11.1 Å². The van der Waals surface area contributed by atoms with Crippen LogP contribution in [0.3, 0.4) is 0 Å². The summed E-state index contributed by atoms with van der Waals surface area (Å²) >= 11 is 1.43. The fourth-order valence-electron chi connectivity index (χ4n) is 3.80. The molecule has 3 atom stereocenters. The number of nitrogens with two attached hydrogens (primary N) is 1. The molecule has 2 amide bonds. The van der Waals surface area contributed by atoms with Crippen molar-refractivity contribution in [1.29, 1.82) is 0 Å². The van der Waals surface area contributed by atoms with Crippen molar-refractivity contribution in [3.63, 3.8) is 0 Å². The van der Waals surface area contributed by atoms with Crippen molar-refractivity contribution in [3.05, 3.63) is 10.6 Å². The molecule has 1 aliphatic heterocycles. The van der Waals surface area contributed by atoms with E-state index in [-0.39, 0.29) is 24.1 Å². The second-order valence-electron chi connectivity index (χ2n) is 9.99. The first-order valence-corrected chi connectivity index (χ1v) is 14.5. The van der Waals surface area contributed by atoms with E-state index < -0.39 is 19.8 Å². The van der Waals surface area contributed by atoms with Crippen molar-refractivity contribution in [3.8, 4) is 0 Å². The zero-order valence-electron chi connectivity index (χ0n) is 18.1. The van der Waals surface area contributed by atoms with Crippen LogP contribution in [0.5, 0.6) is 0 Å². The largest absolute Gasteiger partial charge is 0.450 e. The summed E-state index contributed by atoms with van der Waals surface area (Å²) in [4.78, 5) is 32.4. The molecule has 2 aliphatic rings. The molecule has 3 rings (SSSR count). The highest BCUT2D eigenvalue weighted by Crippen LogP contribution is 2.44. The van der Waals surface area contributed by atoms with Gasteiger partial charge >= 0.3 is 12.2 Å². The van der Waals surface area contributed by atoms with Crippen LogP contribution in [0.4, 0.5) is 14.7 Å². The lowest BCUT2D eigenvalue weighted by Gasteiger charge is -2.32. The lowest BCUT2D eigenvalue weighted by molar-refractivity contribution is 0.0478. The molecular weight excluding hydrogens is 408 g/mol. The summed E-state index contributed by atoms with van der Waals surface area (Å²) in [6.45, 7) is 13.1. The second kappa shape index (κ2) is 7.79. The number of ether oxygens (including phenoxy) is 2. The van der Waals surface area contributed by atoms with Gasteiger partial charge < -0.3 is 25.4 Å². The number of rotatable bonds is 4. The Morgan fingerprint density at radius 2 is 2.03 bits per heavy atom. The number of aromatic nitrogens is 1. The molecule has 10 heteroatoms. The third-order valence-electron chi connectivity index (χ3n) is 5.12. The quantitative estimate of drug-likeness (QED) is 0.695. The molecule has 1 aliphatic carbocycles. The Kier molecular flexibility index (Phi) is 5.88. The standard InChI is InChI=1S/C19H32N4O4SSi/c1-19(2,3)27-17(24)22-14-11-10-23(18(25)26-7-8-29(4,5)6)13(14)9-12-15(11)28-16(20)21-12/h11,13-14H,7-10H2,1-6H3,(H2,20,21)(H,22,24). The van der Waals surface area contributed by atoms with E-state index in [1.165, 1.54) is 11.3 Å². The number of nitrogens with zero attached hydrogens (tertiary/aromatic N) is 2. The van der Waals surface area contributed by atoms with Crippen LogP contribution >= 0.6 is 11.3 Å². The van der Waals surface area contributed by atoms with E-state index in [0.717, 1.165) is 16.6 Å². The lowest BCUT2D eigenvalue weighted by atomic mass is 9.87. The topological polar surface area (TPSA) is 107 Å². The van der Waals surface area contributed by atoms with Gasteiger partial charge in [0, 0.05) is 31.8 Å². The van der Waals surface area contributed by atoms with Gasteiger partial charge in [-0.1, -0.05) is 19.6 Å². The summed E-state index contributed by atoms with van der Waals surface area (Å²) in [5.74, 6) is -0.0596. The van der Waals surface area contributed by atoms with Gasteiger partial charge in [0.2, 0.25) is 0 Å². The van der Waals surface area contributed by atoms with Gasteiger partial charge in [0.1, 0.15) is 5.60 Å². The molecule has 0 aromatic carbocycles. The van der Waals surface area contributed by atoms with Crippen LogP contribution in [0.25, 0.3) is 0 Å². The molecule has 0 saturated carbocycles. The van der Waals surface area contributed by atoms with Crippen molar-refractivity contribution in [2.24, 2.45) is 0 Å². The number of fused-ring (bicyclic) bond motifs is 4. The van der Waals surface area contributed by atoms with E-state index in [0.29, 0.717) is 24.7 Å². The van der Waals surface area contributed by atoms with Crippen LogP contribution in [-0.4, -0.2) is 61.0 Å². The maximum absolute atomic E-state index is 12.8. The van der Waals surface area contributed by atoms with Gasteiger partial charge in [0.05, 0.1) is 24.4 Å². The Morgan fingerprint density at radius 1 is 1.34 bits per heavy atom. The van der Waals surface area contributed by atoms with Gasteiger partial charge in [0.25, 0.3) is 0 Å². The number of carbonyl (C=O) groups is 2. The molecular formula is C19H32N4O4SSi. The number of amides is 2.